The van der Waals surface area contributed by atoms with Gasteiger partial charge in [-0.05, 0) is 38.8 Å². The van der Waals surface area contributed by atoms with Gasteiger partial charge >= 0.3 is 11.9 Å². The van der Waals surface area contributed by atoms with Crippen LogP contribution in [-0.4, -0.2) is 47.3 Å². The SMILES string of the molecule is N[C@@H](CCCCNCCCC[C@H](N)C(=O)O)C(=O)O. The van der Waals surface area contributed by atoms with Gasteiger partial charge in [0.2, 0.25) is 0 Å². The Morgan fingerprint density at radius 1 is 0.842 bits per heavy atom. The summed E-state index contributed by atoms with van der Waals surface area (Å²) in [6.07, 6.45) is 4.31. The van der Waals surface area contributed by atoms with Crippen molar-refractivity contribution in [2.24, 2.45) is 11.5 Å². The maximum Gasteiger partial charge on any atom is 0.320 e. The van der Waals surface area contributed by atoms with E-state index in [4.69, 9.17) is 21.7 Å². The predicted octanol–water partition coefficient (Wildman–Crippen LogP) is -0.260. The van der Waals surface area contributed by atoms with Crippen LogP contribution >= 0.6 is 0 Å². The minimum atomic E-state index is -0.956. The van der Waals surface area contributed by atoms with E-state index in [0.29, 0.717) is 12.8 Å². The van der Waals surface area contributed by atoms with Crippen LogP contribution in [0.4, 0.5) is 0 Å². The Kier molecular flexibility index (Phi) is 10.1. The van der Waals surface area contributed by atoms with Crippen LogP contribution in [-0.2, 0) is 9.59 Å². The summed E-state index contributed by atoms with van der Waals surface area (Å²) in [6, 6.07) is -1.53. The second-order valence-electron chi connectivity index (χ2n) is 4.63. The van der Waals surface area contributed by atoms with Gasteiger partial charge < -0.3 is 27.0 Å². The molecule has 0 aromatic heterocycles. The first kappa shape index (κ1) is 17.8. The van der Waals surface area contributed by atoms with Gasteiger partial charge in [0.15, 0.2) is 0 Å². The summed E-state index contributed by atoms with van der Waals surface area (Å²) in [5.74, 6) is -1.91. The molecule has 0 radical (unpaired) electrons. The van der Waals surface area contributed by atoms with Crippen molar-refractivity contribution in [1.82, 2.24) is 5.32 Å². The maximum absolute atomic E-state index is 10.4. The first-order chi connectivity index (χ1) is 8.95. The fourth-order valence-corrected chi connectivity index (χ4v) is 1.60. The molecule has 0 aliphatic heterocycles. The molecule has 19 heavy (non-hydrogen) atoms. The Labute approximate surface area is 113 Å². The van der Waals surface area contributed by atoms with Gasteiger partial charge in [0, 0.05) is 0 Å². The number of carboxylic acid groups (broad SMARTS) is 2. The zero-order valence-corrected chi connectivity index (χ0v) is 11.2. The molecule has 0 saturated carbocycles. The van der Waals surface area contributed by atoms with Gasteiger partial charge in [-0.25, -0.2) is 0 Å². The van der Waals surface area contributed by atoms with E-state index in [-0.39, 0.29) is 0 Å². The quantitative estimate of drug-likeness (QED) is 0.309. The molecule has 7 heteroatoms. The van der Waals surface area contributed by atoms with Crippen molar-refractivity contribution in [2.75, 3.05) is 13.1 Å². The predicted molar refractivity (Wildman–Crippen MR) is 71.8 cm³/mol. The van der Waals surface area contributed by atoms with E-state index >= 15 is 0 Å². The molecule has 0 aliphatic carbocycles. The first-order valence-electron chi connectivity index (χ1n) is 6.62. The van der Waals surface area contributed by atoms with Gasteiger partial charge in [0.1, 0.15) is 12.1 Å². The molecule has 0 amide bonds. The van der Waals surface area contributed by atoms with E-state index in [1.807, 2.05) is 0 Å². The normalized spacial score (nSPS) is 14.0. The lowest BCUT2D eigenvalue weighted by Gasteiger charge is -2.08. The Balaban J connectivity index is 3.24. The second kappa shape index (κ2) is 10.7. The van der Waals surface area contributed by atoms with E-state index in [0.717, 1.165) is 38.8 Å². The number of hydrogen-bond donors (Lipinski definition) is 5. The van der Waals surface area contributed by atoms with Crippen LogP contribution in [0.1, 0.15) is 38.5 Å². The molecule has 7 N–H and O–H groups in total. The average Bonchev–Trinajstić information content (AvgIpc) is 2.35. The van der Waals surface area contributed by atoms with Gasteiger partial charge in [-0.3, -0.25) is 9.59 Å². The highest BCUT2D eigenvalue weighted by Gasteiger charge is 2.10. The van der Waals surface area contributed by atoms with E-state index in [1.54, 1.807) is 0 Å². The second-order valence-corrected chi connectivity index (χ2v) is 4.63. The highest BCUT2D eigenvalue weighted by atomic mass is 16.4. The van der Waals surface area contributed by atoms with Gasteiger partial charge in [-0.1, -0.05) is 12.8 Å². The van der Waals surface area contributed by atoms with Gasteiger partial charge in [0.05, 0.1) is 0 Å². The Morgan fingerprint density at radius 3 is 1.53 bits per heavy atom. The minimum absolute atomic E-state index is 0.491. The Hall–Kier alpha value is -1.18. The molecule has 0 saturated heterocycles. The summed E-state index contributed by atoms with van der Waals surface area (Å²) < 4.78 is 0. The smallest absolute Gasteiger partial charge is 0.320 e. The number of nitrogens with two attached hydrogens (primary N) is 2. The first-order valence-corrected chi connectivity index (χ1v) is 6.62. The lowest BCUT2D eigenvalue weighted by Crippen LogP contribution is -2.30. The van der Waals surface area contributed by atoms with Gasteiger partial charge in [-0.15, -0.1) is 0 Å². The highest BCUT2D eigenvalue weighted by molar-refractivity contribution is 5.73. The molecule has 2 atom stereocenters. The Morgan fingerprint density at radius 2 is 1.21 bits per heavy atom. The van der Waals surface area contributed by atoms with E-state index in [9.17, 15) is 9.59 Å². The fraction of sp³-hybridized carbons (Fsp3) is 0.833. The average molecular weight is 275 g/mol. The zero-order valence-electron chi connectivity index (χ0n) is 11.2. The number of nitrogens with one attached hydrogen (secondary N) is 1. The summed E-state index contributed by atoms with van der Waals surface area (Å²) >= 11 is 0. The molecule has 0 aromatic carbocycles. The van der Waals surface area contributed by atoms with Crippen LogP contribution in [0.3, 0.4) is 0 Å². The molecular formula is C12H25N3O4. The number of hydrogen-bond acceptors (Lipinski definition) is 5. The monoisotopic (exact) mass is 275 g/mol. The van der Waals surface area contributed by atoms with Crippen molar-refractivity contribution in [1.29, 1.82) is 0 Å². The summed E-state index contributed by atoms with van der Waals surface area (Å²) in [4.78, 5) is 20.9. The summed E-state index contributed by atoms with van der Waals surface area (Å²) in [6.45, 7) is 1.63. The maximum atomic E-state index is 10.4. The van der Waals surface area contributed by atoms with Crippen molar-refractivity contribution in [2.45, 2.75) is 50.6 Å². The number of carbonyl (C=O) groups is 2. The largest absolute Gasteiger partial charge is 0.480 e. The van der Waals surface area contributed by atoms with Crippen LogP contribution in [0.25, 0.3) is 0 Å². The molecule has 0 bridgehead atoms. The van der Waals surface area contributed by atoms with Crippen LogP contribution in [0.2, 0.25) is 0 Å². The fourth-order valence-electron chi connectivity index (χ4n) is 1.60. The van der Waals surface area contributed by atoms with Gasteiger partial charge in [0.25, 0.3) is 0 Å². The topological polar surface area (TPSA) is 139 Å². The lowest BCUT2D eigenvalue weighted by atomic mass is 10.1. The molecule has 0 rings (SSSR count). The molecular weight excluding hydrogens is 250 g/mol. The lowest BCUT2D eigenvalue weighted by molar-refractivity contribution is -0.139. The summed E-state index contributed by atoms with van der Waals surface area (Å²) in [5.41, 5.74) is 10.7. The third kappa shape index (κ3) is 10.4. The summed E-state index contributed by atoms with van der Waals surface area (Å²) in [5, 5.41) is 20.4. The summed E-state index contributed by atoms with van der Waals surface area (Å²) in [7, 11) is 0. The van der Waals surface area contributed by atoms with Crippen molar-refractivity contribution in [3.8, 4) is 0 Å². The third-order valence-electron chi connectivity index (χ3n) is 2.87. The number of carboxylic acids is 2. The third-order valence-corrected chi connectivity index (χ3v) is 2.87. The molecule has 0 spiro atoms. The molecule has 112 valence electrons. The van der Waals surface area contributed by atoms with E-state index in [1.165, 1.54) is 0 Å². The molecule has 0 aromatic rings. The highest BCUT2D eigenvalue weighted by Crippen LogP contribution is 2.00. The number of unbranched alkanes of at least 4 members (excludes halogenated alkanes) is 2. The van der Waals surface area contributed by atoms with Crippen molar-refractivity contribution < 1.29 is 19.8 Å². The molecule has 0 unspecified atom stereocenters. The van der Waals surface area contributed by atoms with E-state index in [2.05, 4.69) is 5.32 Å². The van der Waals surface area contributed by atoms with Crippen LogP contribution < -0.4 is 16.8 Å². The van der Waals surface area contributed by atoms with Crippen LogP contribution in [0, 0.1) is 0 Å². The molecule has 0 aliphatic rings. The molecule has 0 heterocycles. The molecule has 7 nitrogen and oxygen atoms in total. The number of aliphatic carboxylic acids is 2. The van der Waals surface area contributed by atoms with Crippen LogP contribution in [0.5, 0.6) is 0 Å². The standard InChI is InChI=1S/C12H25N3O4/c13-9(11(16)17)5-1-3-7-15-8-4-2-6-10(14)12(18)19/h9-10,15H,1-8,13-14H2,(H,16,17)(H,18,19)/t9-,10-/m0/s1. The Bertz CT molecular complexity index is 248. The van der Waals surface area contributed by atoms with Crippen molar-refractivity contribution >= 4 is 11.9 Å². The van der Waals surface area contributed by atoms with Crippen LogP contribution in [0.15, 0.2) is 0 Å². The number of rotatable bonds is 12. The molecule has 0 fully saturated rings. The minimum Gasteiger partial charge on any atom is -0.480 e. The van der Waals surface area contributed by atoms with Crippen molar-refractivity contribution in [3.63, 3.8) is 0 Å². The van der Waals surface area contributed by atoms with Crippen molar-refractivity contribution in [3.05, 3.63) is 0 Å². The van der Waals surface area contributed by atoms with E-state index < -0.39 is 24.0 Å². The van der Waals surface area contributed by atoms with Gasteiger partial charge in [-0.2, -0.15) is 0 Å². The zero-order chi connectivity index (χ0) is 14.7.